The van der Waals surface area contributed by atoms with Gasteiger partial charge in [-0.15, -0.1) is 12.4 Å². The molecule has 2 heterocycles. The average molecular weight is 374 g/mol. The lowest BCUT2D eigenvalue weighted by Crippen LogP contribution is -2.48. The van der Waals surface area contributed by atoms with E-state index in [9.17, 15) is 4.79 Å². The maximum absolute atomic E-state index is 12.7. The molecule has 1 aromatic carbocycles. The number of fused-ring (bicyclic) bond motifs is 2. The molecule has 1 amide bonds. The quantitative estimate of drug-likeness (QED) is 0.860. The average Bonchev–Trinajstić information content (AvgIpc) is 2.79. The number of amides is 1. The summed E-state index contributed by atoms with van der Waals surface area (Å²) in [6, 6.07) is 7.44. The zero-order chi connectivity index (χ0) is 14.3. The Labute approximate surface area is 141 Å². The number of hydrogen-bond donors (Lipinski definition) is 1. The molecule has 2 fully saturated rings. The molecular formula is C16H22BrClN2O. The molecule has 5 heteroatoms. The van der Waals surface area contributed by atoms with E-state index < -0.39 is 0 Å². The van der Waals surface area contributed by atoms with Gasteiger partial charge in [-0.1, -0.05) is 22.0 Å². The normalized spacial score (nSPS) is 27.1. The van der Waals surface area contributed by atoms with Gasteiger partial charge in [0.2, 0.25) is 0 Å². The summed E-state index contributed by atoms with van der Waals surface area (Å²) in [6.45, 7) is 2.00. The van der Waals surface area contributed by atoms with E-state index in [-0.39, 0.29) is 18.3 Å². The molecule has 2 unspecified atom stereocenters. The Balaban J connectivity index is 0.00000161. The highest BCUT2D eigenvalue weighted by atomic mass is 79.9. The first-order valence-corrected chi connectivity index (χ1v) is 8.14. The molecule has 0 saturated carbocycles. The predicted molar refractivity (Wildman–Crippen MR) is 91.2 cm³/mol. The molecule has 0 radical (unpaired) electrons. The van der Waals surface area contributed by atoms with E-state index in [0.717, 1.165) is 28.4 Å². The minimum absolute atomic E-state index is 0. The number of benzene rings is 1. The van der Waals surface area contributed by atoms with E-state index in [1.807, 2.05) is 37.1 Å². The number of hydrogen-bond acceptors (Lipinski definition) is 2. The van der Waals surface area contributed by atoms with Crippen LogP contribution < -0.4 is 5.32 Å². The van der Waals surface area contributed by atoms with Crippen LogP contribution in [-0.4, -0.2) is 36.0 Å². The number of nitrogens with one attached hydrogen (secondary N) is 1. The molecule has 3 rings (SSSR count). The van der Waals surface area contributed by atoms with Crippen molar-refractivity contribution in [3.63, 3.8) is 0 Å². The standard InChI is InChI=1S/C16H21BrN2O.ClH/c1-10-14(4-3-5-15(10)17)16(20)19(2)13-8-11-6-7-12(9-13)18-11;/h3-5,11-13,18H,6-9H2,1-2H3;1H. The molecule has 2 saturated heterocycles. The van der Waals surface area contributed by atoms with Crippen LogP contribution in [0.3, 0.4) is 0 Å². The van der Waals surface area contributed by atoms with E-state index >= 15 is 0 Å². The van der Waals surface area contributed by atoms with Crippen LogP contribution in [0, 0.1) is 6.92 Å². The lowest BCUT2D eigenvalue weighted by Gasteiger charge is -2.35. The van der Waals surface area contributed by atoms with Crippen molar-refractivity contribution < 1.29 is 4.79 Å². The van der Waals surface area contributed by atoms with Gasteiger partial charge in [-0.25, -0.2) is 0 Å². The summed E-state index contributed by atoms with van der Waals surface area (Å²) < 4.78 is 1.00. The fraction of sp³-hybridized carbons (Fsp3) is 0.562. The molecule has 2 aliphatic heterocycles. The first-order valence-electron chi connectivity index (χ1n) is 7.34. The molecule has 2 aliphatic rings. The second kappa shape index (κ2) is 6.67. The van der Waals surface area contributed by atoms with Crippen molar-refractivity contribution in [1.29, 1.82) is 0 Å². The summed E-state index contributed by atoms with van der Waals surface area (Å²) in [6.07, 6.45) is 4.70. The summed E-state index contributed by atoms with van der Waals surface area (Å²) >= 11 is 3.51. The highest BCUT2D eigenvalue weighted by molar-refractivity contribution is 9.10. The number of carbonyl (C=O) groups is 1. The number of rotatable bonds is 2. The third-order valence-electron chi connectivity index (χ3n) is 4.81. The largest absolute Gasteiger partial charge is 0.339 e. The maximum atomic E-state index is 12.7. The summed E-state index contributed by atoms with van der Waals surface area (Å²) in [7, 11) is 1.96. The van der Waals surface area contributed by atoms with Crippen LogP contribution >= 0.6 is 28.3 Å². The molecule has 1 N–H and O–H groups in total. The van der Waals surface area contributed by atoms with Crippen molar-refractivity contribution in [1.82, 2.24) is 10.2 Å². The Kier molecular flexibility index (Phi) is 5.33. The lowest BCUT2D eigenvalue weighted by molar-refractivity contribution is 0.0681. The molecule has 2 atom stereocenters. The minimum Gasteiger partial charge on any atom is -0.339 e. The minimum atomic E-state index is 0. The maximum Gasteiger partial charge on any atom is 0.254 e. The van der Waals surface area contributed by atoms with Crippen molar-refractivity contribution in [2.75, 3.05) is 7.05 Å². The zero-order valence-corrected chi connectivity index (χ0v) is 14.8. The van der Waals surface area contributed by atoms with E-state index in [1.54, 1.807) is 0 Å². The molecule has 0 aliphatic carbocycles. The fourth-order valence-electron chi connectivity index (χ4n) is 3.54. The van der Waals surface area contributed by atoms with Crippen LogP contribution in [0.1, 0.15) is 41.6 Å². The van der Waals surface area contributed by atoms with E-state index in [0.29, 0.717) is 18.1 Å². The van der Waals surface area contributed by atoms with E-state index in [1.165, 1.54) is 12.8 Å². The van der Waals surface area contributed by atoms with Gasteiger partial charge in [0.15, 0.2) is 0 Å². The van der Waals surface area contributed by atoms with Crippen molar-refractivity contribution in [2.24, 2.45) is 0 Å². The Morgan fingerprint density at radius 3 is 2.52 bits per heavy atom. The highest BCUT2D eigenvalue weighted by Gasteiger charge is 2.36. The van der Waals surface area contributed by atoms with Crippen LogP contribution in [0.2, 0.25) is 0 Å². The van der Waals surface area contributed by atoms with Crippen LogP contribution in [0.15, 0.2) is 22.7 Å². The third kappa shape index (κ3) is 3.27. The predicted octanol–water partition coefficient (Wildman–Crippen LogP) is 3.53. The highest BCUT2D eigenvalue weighted by Crippen LogP contribution is 2.30. The molecule has 0 aromatic heterocycles. The van der Waals surface area contributed by atoms with Gasteiger partial charge in [-0.2, -0.15) is 0 Å². The Bertz CT molecular complexity index is 525. The van der Waals surface area contributed by atoms with Crippen molar-refractivity contribution >= 4 is 34.2 Å². The van der Waals surface area contributed by atoms with Crippen molar-refractivity contribution in [3.05, 3.63) is 33.8 Å². The second-order valence-electron chi connectivity index (χ2n) is 6.09. The number of halogens is 2. The molecule has 21 heavy (non-hydrogen) atoms. The second-order valence-corrected chi connectivity index (χ2v) is 6.95. The summed E-state index contributed by atoms with van der Waals surface area (Å²) in [5.41, 5.74) is 1.84. The number of carbonyl (C=O) groups excluding carboxylic acids is 1. The van der Waals surface area contributed by atoms with Crippen LogP contribution in [0.25, 0.3) is 0 Å². The Morgan fingerprint density at radius 1 is 1.29 bits per heavy atom. The lowest BCUT2D eigenvalue weighted by atomic mass is 9.97. The summed E-state index contributed by atoms with van der Waals surface area (Å²) in [5.74, 6) is 0.148. The smallest absolute Gasteiger partial charge is 0.254 e. The van der Waals surface area contributed by atoms with Gasteiger partial charge in [0.05, 0.1) is 0 Å². The van der Waals surface area contributed by atoms with E-state index in [2.05, 4.69) is 21.2 Å². The van der Waals surface area contributed by atoms with Gasteiger partial charge in [0.1, 0.15) is 0 Å². The molecule has 116 valence electrons. The van der Waals surface area contributed by atoms with Crippen LogP contribution in [0.5, 0.6) is 0 Å². The van der Waals surface area contributed by atoms with Crippen molar-refractivity contribution in [2.45, 2.75) is 50.7 Å². The molecule has 1 aromatic rings. The summed E-state index contributed by atoms with van der Waals surface area (Å²) in [5, 5.41) is 3.63. The first-order chi connectivity index (χ1) is 9.56. The van der Waals surface area contributed by atoms with Gasteiger partial charge in [-0.3, -0.25) is 4.79 Å². The van der Waals surface area contributed by atoms with Gasteiger partial charge in [0.25, 0.3) is 5.91 Å². The summed E-state index contributed by atoms with van der Waals surface area (Å²) in [4.78, 5) is 14.7. The monoisotopic (exact) mass is 372 g/mol. The SMILES string of the molecule is Cc1c(Br)cccc1C(=O)N(C)C1CC2CCC(C1)N2.Cl. The van der Waals surface area contributed by atoms with Gasteiger partial charge >= 0.3 is 0 Å². The van der Waals surface area contributed by atoms with Crippen LogP contribution in [-0.2, 0) is 0 Å². The van der Waals surface area contributed by atoms with Gasteiger partial charge < -0.3 is 10.2 Å². The molecule has 3 nitrogen and oxygen atoms in total. The third-order valence-corrected chi connectivity index (χ3v) is 5.67. The van der Waals surface area contributed by atoms with Crippen molar-refractivity contribution in [3.8, 4) is 0 Å². The number of piperidine rings is 1. The number of nitrogens with zero attached hydrogens (tertiary/aromatic N) is 1. The van der Waals surface area contributed by atoms with E-state index in [4.69, 9.17) is 0 Å². The van der Waals surface area contributed by atoms with Gasteiger partial charge in [-0.05, 0) is 50.3 Å². The van der Waals surface area contributed by atoms with Gasteiger partial charge in [0, 0.05) is 35.2 Å². The first kappa shape index (κ1) is 16.8. The topological polar surface area (TPSA) is 32.3 Å². The fourth-order valence-corrected chi connectivity index (χ4v) is 3.90. The Morgan fingerprint density at radius 2 is 1.90 bits per heavy atom. The molecule has 0 spiro atoms. The zero-order valence-electron chi connectivity index (χ0n) is 12.4. The molecule has 2 bridgehead atoms. The van der Waals surface area contributed by atoms with Crippen LogP contribution in [0.4, 0.5) is 0 Å². The Hall–Kier alpha value is -0.580. The molecular weight excluding hydrogens is 352 g/mol.